The number of aromatic nitrogens is 6. The topological polar surface area (TPSA) is 152 Å². The maximum atomic E-state index is 11.5. The third-order valence-electron chi connectivity index (χ3n) is 2.93. The average molecular weight is 317 g/mol. The van der Waals surface area contributed by atoms with Crippen LogP contribution in [0.1, 0.15) is 10.5 Å². The molecule has 3 N–H and O–H groups in total. The van der Waals surface area contributed by atoms with Gasteiger partial charge in [0, 0.05) is 5.56 Å². The van der Waals surface area contributed by atoms with E-state index in [0.29, 0.717) is 11.4 Å². The van der Waals surface area contributed by atoms with E-state index in [1.165, 1.54) is 16.8 Å². The van der Waals surface area contributed by atoms with Crippen molar-refractivity contribution in [3.05, 3.63) is 30.0 Å². The number of carbonyl (C=O) groups excluding carboxylic acids is 1. The molecular weight excluding hydrogens is 306 g/mol. The lowest BCUT2D eigenvalue weighted by Gasteiger charge is -2.06. The van der Waals surface area contributed by atoms with Crippen LogP contribution in [0, 0.1) is 0 Å². The molecule has 0 fully saturated rings. The van der Waals surface area contributed by atoms with Crippen molar-refractivity contribution < 1.29 is 19.6 Å². The number of anilines is 1. The van der Waals surface area contributed by atoms with Crippen LogP contribution < -0.4 is 5.32 Å². The van der Waals surface area contributed by atoms with Crippen LogP contribution >= 0.6 is 0 Å². The predicted octanol–water partition coefficient (Wildman–Crippen LogP) is -0.327. The van der Waals surface area contributed by atoms with E-state index in [0.717, 1.165) is 0 Å². The van der Waals surface area contributed by atoms with E-state index in [9.17, 15) is 9.90 Å². The minimum absolute atomic E-state index is 0.0674. The first-order chi connectivity index (χ1) is 11.2. The van der Waals surface area contributed by atoms with Crippen molar-refractivity contribution >= 4 is 11.6 Å². The number of hydrogen-bond donors (Lipinski definition) is 3. The van der Waals surface area contributed by atoms with Crippen molar-refractivity contribution in [2.45, 2.75) is 6.67 Å². The molecule has 0 amide bonds. The largest absolute Gasteiger partial charge is 0.508 e. The maximum Gasteiger partial charge on any atom is 0.213 e. The molecule has 0 radical (unpaired) electrons. The lowest BCUT2D eigenvalue weighted by molar-refractivity contribution is 0.0894. The number of hydrogen-bond acceptors (Lipinski definition) is 10. The fraction of sp³-hybridized carbons (Fsp3) is 0.167. The Kier molecular flexibility index (Phi) is 3.93. The molecule has 0 spiro atoms. The number of tetrazole rings is 1. The first-order valence-corrected chi connectivity index (χ1v) is 6.45. The molecule has 0 aliphatic heterocycles. The van der Waals surface area contributed by atoms with Gasteiger partial charge in [0.2, 0.25) is 11.6 Å². The SMILES string of the molecule is O=C(CO)c1nonc1NCn1nnnc1-c1cccc(O)c1. The van der Waals surface area contributed by atoms with Crippen LogP contribution in [-0.2, 0) is 6.67 Å². The van der Waals surface area contributed by atoms with Gasteiger partial charge < -0.3 is 15.5 Å². The highest BCUT2D eigenvalue weighted by atomic mass is 16.6. The van der Waals surface area contributed by atoms with Crippen molar-refractivity contribution in [2.24, 2.45) is 0 Å². The Morgan fingerprint density at radius 3 is 3.00 bits per heavy atom. The molecule has 11 nitrogen and oxygen atoms in total. The number of phenols is 1. The monoisotopic (exact) mass is 317 g/mol. The highest BCUT2D eigenvalue weighted by molar-refractivity contribution is 5.98. The van der Waals surface area contributed by atoms with Gasteiger partial charge in [0.25, 0.3) is 0 Å². The minimum Gasteiger partial charge on any atom is -0.508 e. The second-order valence-electron chi connectivity index (χ2n) is 4.43. The van der Waals surface area contributed by atoms with E-state index in [1.807, 2.05) is 0 Å². The van der Waals surface area contributed by atoms with E-state index in [4.69, 9.17) is 5.11 Å². The van der Waals surface area contributed by atoms with Crippen molar-refractivity contribution in [2.75, 3.05) is 11.9 Å². The van der Waals surface area contributed by atoms with Crippen LogP contribution in [0.15, 0.2) is 28.9 Å². The highest BCUT2D eigenvalue weighted by Crippen LogP contribution is 2.20. The number of benzene rings is 1. The van der Waals surface area contributed by atoms with Crippen molar-refractivity contribution in [1.82, 2.24) is 30.5 Å². The summed E-state index contributed by atoms with van der Waals surface area (Å²) in [4.78, 5) is 11.5. The van der Waals surface area contributed by atoms with Gasteiger partial charge in [-0.3, -0.25) is 4.79 Å². The fourth-order valence-corrected chi connectivity index (χ4v) is 1.88. The van der Waals surface area contributed by atoms with Crippen LogP contribution in [0.4, 0.5) is 5.82 Å². The zero-order chi connectivity index (χ0) is 16.2. The second-order valence-corrected chi connectivity index (χ2v) is 4.43. The molecule has 0 atom stereocenters. The number of aliphatic hydroxyl groups is 1. The molecule has 2 heterocycles. The van der Waals surface area contributed by atoms with Crippen molar-refractivity contribution in [1.29, 1.82) is 0 Å². The molecule has 0 saturated heterocycles. The summed E-state index contributed by atoms with van der Waals surface area (Å²) in [5, 5.41) is 39.4. The molecule has 3 aromatic rings. The van der Waals surface area contributed by atoms with Gasteiger partial charge in [-0.1, -0.05) is 12.1 Å². The number of nitrogens with zero attached hydrogens (tertiary/aromatic N) is 6. The van der Waals surface area contributed by atoms with Crippen LogP contribution in [0.25, 0.3) is 11.4 Å². The van der Waals surface area contributed by atoms with E-state index < -0.39 is 12.4 Å². The number of rotatable bonds is 6. The Bertz CT molecular complexity index is 828. The zero-order valence-corrected chi connectivity index (χ0v) is 11.6. The molecule has 1 aromatic carbocycles. The third-order valence-corrected chi connectivity index (χ3v) is 2.93. The van der Waals surface area contributed by atoms with Gasteiger partial charge in [0.15, 0.2) is 11.5 Å². The lowest BCUT2D eigenvalue weighted by Crippen LogP contribution is -2.14. The maximum absolute atomic E-state index is 11.5. The summed E-state index contributed by atoms with van der Waals surface area (Å²) in [6.07, 6.45) is 0. The van der Waals surface area contributed by atoms with E-state index >= 15 is 0 Å². The van der Waals surface area contributed by atoms with Gasteiger partial charge in [-0.05, 0) is 32.9 Å². The van der Waals surface area contributed by atoms with Gasteiger partial charge in [0.05, 0.1) is 0 Å². The van der Waals surface area contributed by atoms with E-state index in [2.05, 4.69) is 35.8 Å². The van der Waals surface area contributed by atoms with Gasteiger partial charge in [-0.2, -0.15) is 0 Å². The quantitative estimate of drug-likeness (QED) is 0.515. The summed E-state index contributed by atoms with van der Waals surface area (Å²) in [6.45, 7) is -0.639. The summed E-state index contributed by atoms with van der Waals surface area (Å²) in [5.74, 6) is -0.0680. The Balaban J connectivity index is 1.79. The number of nitrogens with one attached hydrogen (secondary N) is 1. The normalized spacial score (nSPS) is 10.7. The van der Waals surface area contributed by atoms with Crippen molar-refractivity contribution in [3.63, 3.8) is 0 Å². The predicted molar refractivity (Wildman–Crippen MR) is 74.3 cm³/mol. The number of ketones is 1. The Morgan fingerprint density at radius 1 is 1.35 bits per heavy atom. The van der Waals surface area contributed by atoms with Gasteiger partial charge in [0.1, 0.15) is 19.0 Å². The van der Waals surface area contributed by atoms with Gasteiger partial charge >= 0.3 is 0 Å². The first kappa shape index (κ1) is 14.6. The summed E-state index contributed by atoms with van der Waals surface area (Å²) in [5.41, 5.74) is 0.501. The second kappa shape index (κ2) is 6.19. The number of aliphatic hydroxyl groups excluding tert-OH is 1. The summed E-state index contributed by atoms with van der Waals surface area (Å²) >= 11 is 0. The van der Waals surface area contributed by atoms with Crippen molar-refractivity contribution in [3.8, 4) is 17.1 Å². The van der Waals surface area contributed by atoms with Gasteiger partial charge in [-0.15, -0.1) is 5.10 Å². The Morgan fingerprint density at radius 2 is 2.22 bits per heavy atom. The molecule has 0 unspecified atom stereocenters. The van der Waals surface area contributed by atoms with Crippen LogP contribution in [-0.4, -0.2) is 53.1 Å². The smallest absolute Gasteiger partial charge is 0.213 e. The summed E-state index contributed by atoms with van der Waals surface area (Å²) < 4.78 is 5.88. The molecule has 2 aromatic heterocycles. The highest BCUT2D eigenvalue weighted by Gasteiger charge is 2.18. The summed E-state index contributed by atoms with van der Waals surface area (Å²) in [7, 11) is 0. The fourth-order valence-electron chi connectivity index (χ4n) is 1.88. The Hall–Kier alpha value is -3.34. The third kappa shape index (κ3) is 2.98. The molecule has 0 bridgehead atoms. The minimum atomic E-state index is -0.706. The number of phenolic OH excluding ortho intramolecular Hbond substituents is 1. The van der Waals surface area contributed by atoms with Crippen LogP contribution in [0.2, 0.25) is 0 Å². The molecule has 11 heteroatoms. The molecule has 0 aliphatic carbocycles. The summed E-state index contributed by atoms with van der Waals surface area (Å²) in [6, 6.07) is 6.45. The zero-order valence-electron chi connectivity index (χ0n) is 11.6. The molecule has 0 saturated carbocycles. The van der Waals surface area contributed by atoms with Gasteiger partial charge in [-0.25, -0.2) is 9.31 Å². The molecule has 3 rings (SSSR count). The van der Waals surface area contributed by atoms with Crippen LogP contribution in [0.3, 0.4) is 0 Å². The molecule has 118 valence electrons. The van der Waals surface area contributed by atoms with E-state index in [-0.39, 0.29) is 23.9 Å². The Labute approximate surface area is 128 Å². The molecular formula is C12H11N7O4. The lowest BCUT2D eigenvalue weighted by atomic mass is 10.2. The average Bonchev–Trinajstić information content (AvgIpc) is 3.21. The number of Topliss-reactive ketones (excluding diaryl/α,β-unsaturated/α-hetero) is 1. The number of aromatic hydroxyl groups is 1. The molecule has 0 aliphatic rings. The van der Waals surface area contributed by atoms with E-state index in [1.54, 1.807) is 12.1 Å². The molecule has 23 heavy (non-hydrogen) atoms. The standard InChI is InChI=1S/C12H11N7O4/c20-5-9(22)10-11(16-23-15-10)13-6-19-12(14-17-18-19)7-2-1-3-8(21)4-7/h1-4,20-21H,5-6H2,(H,13,16). The van der Waals surface area contributed by atoms with Crippen LogP contribution in [0.5, 0.6) is 5.75 Å². The number of carbonyl (C=O) groups is 1. The first-order valence-electron chi connectivity index (χ1n) is 6.45.